The van der Waals surface area contributed by atoms with Gasteiger partial charge in [0.1, 0.15) is 0 Å². The zero-order valence-electron chi connectivity index (χ0n) is 8.59. The molecule has 2 heteroatoms. The Morgan fingerprint density at radius 3 is 2.62 bits per heavy atom. The maximum absolute atomic E-state index is 11.0. The Kier molecular flexibility index (Phi) is 7.36. The summed E-state index contributed by atoms with van der Waals surface area (Å²) in [5.74, 6) is -0.0460. The largest absolute Gasteiger partial charge is 0.369 e. The molecule has 1 unspecified atom stereocenters. The first-order valence-electron chi connectivity index (χ1n) is 5.12. The topological polar surface area (TPSA) is 43.1 Å². The van der Waals surface area contributed by atoms with E-state index in [4.69, 9.17) is 5.73 Å². The van der Waals surface area contributed by atoms with Gasteiger partial charge in [0.2, 0.25) is 5.91 Å². The molecule has 0 aromatic rings. The molecule has 1 atom stereocenters. The molecule has 0 saturated carbocycles. The number of amides is 1. The first-order chi connectivity index (χ1) is 6.22. The molecule has 0 aromatic heterocycles. The van der Waals surface area contributed by atoms with Crippen LogP contribution in [0, 0.1) is 5.92 Å². The predicted molar refractivity (Wildman–Crippen MR) is 56.3 cm³/mol. The van der Waals surface area contributed by atoms with Crippen molar-refractivity contribution in [2.45, 2.75) is 45.4 Å². The fourth-order valence-electron chi connectivity index (χ4n) is 1.46. The third kappa shape index (κ3) is 6.38. The summed E-state index contributed by atoms with van der Waals surface area (Å²) in [6.45, 7) is 5.74. The second kappa shape index (κ2) is 7.84. The molecule has 2 nitrogen and oxygen atoms in total. The van der Waals surface area contributed by atoms with Gasteiger partial charge < -0.3 is 5.73 Å². The van der Waals surface area contributed by atoms with Gasteiger partial charge in [-0.15, -0.1) is 6.58 Å². The number of carbonyl (C=O) groups is 1. The van der Waals surface area contributed by atoms with Gasteiger partial charge in [0, 0.05) is 5.92 Å². The highest BCUT2D eigenvalue weighted by Crippen LogP contribution is 2.15. The summed E-state index contributed by atoms with van der Waals surface area (Å²) in [7, 11) is 0. The van der Waals surface area contributed by atoms with Crippen LogP contribution in [0.15, 0.2) is 12.7 Å². The lowest BCUT2D eigenvalue weighted by molar-refractivity contribution is -0.122. The van der Waals surface area contributed by atoms with Crippen LogP contribution in [0.5, 0.6) is 0 Å². The fourth-order valence-corrected chi connectivity index (χ4v) is 1.46. The second-order valence-corrected chi connectivity index (χ2v) is 3.46. The van der Waals surface area contributed by atoms with Crippen molar-refractivity contribution in [2.75, 3.05) is 0 Å². The van der Waals surface area contributed by atoms with Gasteiger partial charge in [-0.3, -0.25) is 4.79 Å². The second-order valence-electron chi connectivity index (χ2n) is 3.46. The summed E-state index contributed by atoms with van der Waals surface area (Å²) >= 11 is 0. The van der Waals surface area contributed by atoms with Crippen LogP contribution in [0.25, 0.3) is 0 Å². The Balaban J connectivity index is 3.56. The molecule has 0 bridgehead atoms. The van der Waals surface area contributed by atoms with E-state index >= 15 is 0 Å². The number of primary amides is 1. The molecule has 0 radical (unpaired) electrons. The summed E-state index contributed by atoms with van der Waals surface area (Å²) < 4.78 is 0. The smallest absolute Gasteiger partial charge is 0.220 e. The third-order valence-corrected chi connectivity index (χ3v) is 2.25. The lowest BCUT2D eigenvalue weighted by atomic mass is 9.96. The molecule has 0 aromatic carbocycles. The van der Waals surface area contributed by atoms with Crippen molar-refractivity contribution in [1.29, 1.82) is 0 Å². The predicted octanol–water partition coefficient (Wildman–Crippen LogP) is 2.63. The molecular formula is C11H21NO. The summed E-state index contributed by atoms with van der Waals surface area (Å²) in [6, 6.07) is 0. The molecule has 13 heavy (non-hydrogen) atoms. The van der Waals surface area contributed by atoms with Gasteiger partial charge in [0.25, 0.3) is 0 Å². The normalized spacial score (nSPS) is 12.4. The highest BCUT2D eigenvalue weighted by molar-refractivity contribution is 5.76. The standard InChI is InChI=1S/C11H21NO/c1-3-5-6-7-9-10(8-4-2)11(12)13/h3,10H,1,4-9H2,2H3,(H2,12,13). The quantitative estimate of drug-likeness (QED) is 0.456. The number of hydrogen-bond donors (Lipinski definition) is 1. The van der Waals surface area contributed by atoms with E-state index in [9.17, 15) is 4.79 Å². The average molecular weight is 183 g/mol. The molecule has 0 saturated heterocycles. The lowest BCUT2D eigenvalue weighted by Crippen LogP contribution is -2.22. The van der Waals surface area contributed by atoms with Crippen LogP contribution in [0.4, 0.5) is 0 Å². The Morgan fingerprint density at radius 1 is 1.46 bits per heavy atom. The number of rotatable bonds is 8. The molecule has 1 amide bonds. The van der Waals surface area contributed by atoms with Crippen LogP contribution in [-0.2, 0) is 4.79 Å². The average Bonchev–Trinajstić information content (AvgIpc) is 2.10. The molecular weight excluding hydrogens is 162 g/mol. The van der Waals surface area contributed by atoms with Crippen molar-refractivity contribution in [1.82, 2.24) is 0 Å². The minimum atomic E-state index is -0.138. The van der Waals surface area contributed by atoms with E-state index < -0.39 is 0 Å². The Morgan fingerprint density at radius 2 is 2.15 bits per heavy atom. The van der Waals surface area contributed by atoms with E-state index in [0.29, 0.717) is 0 Å². The molecule has 0 heterocycles. The molecule has 0 spiro atoms. The molecule has 0 rings (SSSR count). The summed E-state index contributed by atoms with van der Waals surface area (Å²) in [6.07, 6.45) is 8.07. The molecule has 0 aliphatic rings. The third-order valence-electron chi connectivity index (χ3n) is 2.25. The van der Waals surface area contributed by atoms with E-state index in [0.717, 1.165) is 38.5 Å². The minimum absolute atomic E-state index is 0.0924. The maximum atomic E-state index is 11.0. The number of hydrogen-bond acceptors (Lipinski definition) is 1. The maximum Gasteiger partial charge on any atom is 0.220 e. The van der Waals surface area contributed by atoms with E-state index in [-0.39, 0.29) is 11.8 Å². The van der Waals surface area contributed by atoms with Gasteiger partial charge in [0.15, 0.2) is 0 Å². The van der Waals surface area contributed by atoms with Gasteiger partial charge in [-0.25, -0.2) is 0 Å². The van der Waals surface area contributed by atoms with E-state index in [1.807, 2.05) is 6.08 Å². The SMILES string of the molecule is C=CCCCCC(CCC)C(N)=O. The fraction of sp³-hybridized carbons (Fsp3) is 0.727. The molecule has 2 N–H and O–H groups in total. The van der Waals surface area contributed by atoms with Crippen molar-refractivity contribution < 1.29 is 4.79 Å². The molecule has 76 valence electrons. The number of carbonyl (C=O) groups excluding carboxylic acids is 1. The van der Waals surface area contributed by atoms with Crippen molar-refractivity contribution in [3.63, 3.8) is 0 Å². The van der Waals surface area contributed by atoms with Gasteiger partial charge in [-0.05, 0) is 25.7 Å². The monoisotopic (exact) mass is 183 g/mol. The van der Waals surface area contributed by atoms with E-state index in [1.54, 1.807) is 0 Å². The van der Waals surface area contributed by atoms with Gasteiger partial charge in [0.05, 0.1) is 0 Å². The van der Waals surface area contributed by atoms with Crippen molar-refractivity contribution in [3.05, 3.63) is 12.7 Å². The van der Waals surface area contributed by atoms with Crippen LogP contribution >= 0.6 is 0 Å². The highest BCUT2D eigenvalue weighted by Gasteiger charge is 2.12. The van der Waals surface area contributed by atoms with Crippen LogP contribution in [0.1, 0.15) is 45.4 Å². The zero-order valence-corrected chi connectivity index (χ0v) is 8.59. The summed E-state index contributed by atoms with van der Waals surface area (Å²) in [5, 5.41) is 0. The zero-order chi connectivity index (χ0) is 10.1. The molecule has 0 fully saturated rings. The molecule has 0 aliphatic heterocycles. The van der Waals surface area contributed by atoms with Crippen molar-refractivity contribution >= 4 is 5.91 Å². The van der Waals surface area contributed by atoms with E-state index in [2.05, 4.69) is 13.5 Å². The van der Waals surface area contributed by atoms with Crippen LogP contribution in [-0.4, -0.2) is 5.91 Å². The van der Waals surface area contributed by atoms with Crippen molar-refractivity contribution in [2.24, 2.45) is 11.7 Å². The summed E-state index contributed by atoms with van der Waals surface area (Å²) in [5.41, 5.74) is 5.28. The Bertz CT molecular complexity index is 154. The lowest BCUT2D eigenvalue weighted by Gasteiger charge is -2.10. The van der Waals surface area contributed by atoms with Gasteiger partial charge in [-0.2, -0.15) is 0 Å². The first-order valence-corrected chi connectivity index (χ1v) is 5.12. The Hall–Kier alpha value is -0.790. The van der Waals surface area contributed by atoms with Crippen LogP contribution in [0.3, 0.4) is 0 Å². The summed E-state index contributed by atoms with van der Waals surface area (Å²) in [4.78, 5) is 11.0. The first kappa shape index (κ1) is 12.2. The van der Waals surface area contributed by atoms with Gasteiger partial charge >= 0.3 is 0 Å². The highest BCUT2D eigenvalue weighted by atomic mass is 16.1. The number of unbranched alkanes of at least 4 members (excludes halogenated alkanes) is 2. The number of allylic oxidation sites excluding steroid dienone is 1. The number of nitrogens with two attached hydrogens (primary N) is 1. The minimum Gasteiger partial charge on any atom is -0.369 e. The van der Waals surface area contributed by atoms with Gasteiger partial charge in [-0.1, -0.05) is 25.8 Å². The van der Waals surface area contributed by atoms with Crippen molar-refractivity contribution in [3.8, 4) is 0 Å². The van der Waals surface area contributed by atoms with Crippen LogP contribution in [0.2, 0.25) is 0 Å². The Labute approximate surface area is 81.2 Å². The van der Waals surface area contributed by atoms with E-state index in [1.165, 1.54) is 0 Å². The van der Waals surface area contributed by atoms with Crippen LogP contribution < -0.4 is 5.73 Å². The molecule has 0 aliphatic carbocycles.